The Bertz CT molecular complexity index is 1750. The molecular formula is C35H28O. The summed E-state index contributed by atoms with van der Waals surface area (Å²) in [5, 5.41) is 2.75. The number of carbonyl (C=O) groups is 1. The third-order valence-corrected chi connectivity index (χ3v) is 9.31. The molecule has 0 amide bonds. The van der Waals surface area contributed by atoms with Crippen LogP contribution in [-0.4, -0.2) is 5.78 Å². The number of benzene rings is 4. The van der Waals surface area contributed by atoms with Crippen LogP contribution in [0.3, 0.4) is 0 Å². The number of hydrogen-bond donors (Lipinski definition) is 0. The van der Waals surface area contributed by atoms with Crippen molar-refractivity contribution in [3.05, 3.63) is 127 Å². The van der Waals surface area contributed by atoms with Gasteiger partial charge in [-0.25, -0.2) is 0 Å². The van der Waals surface area contributed by atoms with E-state index >= 15 is 0 Å². The van der Waals surface area contributed by atoms with Gasteiger partial charge in [-0.1, -0.05) is 72.3 Å². The van der Waals surface area contributed by atoms with Crippen molar-refractivity contribution in [2.45, 2.75) is 51.9 Å². The lowest BCUT2D eigenvalue weighted by Crippen LogP contribution is -2.32. The predicted molar refractivity (Wildman–Crippen MR) is 148 cm³/mol. The maximum Gasteiger partial charge on any atom is 0.155 e. The topological polar surface area (TPSA) is 17.1 Å². The Balaban J connectivity index is 1.45. The Morgan fingerprint density at radius 2 is 1.42 bits per heavy atom. The molecule has 0 spiro atoms. The van der Waals surface area contributed by atoms with Crippen molar-refractivity contribution in [3.63, 3.8) is 0 Å². The van der Waals surface area contributed by atoms with Gasteiger partial charge < -0.3 is 0 Å². The molecule has 0 saturated heterocycles. The molecule has 4 aromatic carbocycles. The third kappa shape index (κ3) is 2.48. The molecule has 4 aliphatic rings. The summed E-state index contributed by atoms with van der Waals surface area (Å²) in [6, 6.07) is 22.1. The van der Waals surface area contributed by atoms with Gasteiger partial charge in [-0.05, 0) is 118 Å². The Morgan fingerprint density at radius 3 is 2.25 bits per heavy atom. The van der Waals surface area contributed by atoms with Gasteiger partial charge in [-0.2, -0.15) is 0 Å². The lowest BCUT2D eigenvalue weighted by molar-refractivity contribution is -0.120. The molecular weight excluding hydrogens is 436 g/mol. The van der Waals surface area contributed by atoms with Crippen LogP contribution in [0.4, 0.5) is 0 Å². The minimum atomic E-state index is -0.178. The highest BCUT2D eigenvalue weighted by Crippen LogP contribution is 2.57. The first kappa shape index (κ1) is 20.5. The van der Waals surface area contributed by atoms with Gasteiger partial charge in [-0.15, -0.1) is 0 Å². The molecule has 4 aromatic rings. The Morgan fingerprint density at radius 1 is 0.667 bits per heavy atom. The maximum absolute atomic E-state index is 14.8. The van der Waals surface area contributed by atoms with Gasteiger partial charge in [0.15, 0.2) is 5.78 Å². The highest BCUT2D eigenvalue weighted by Gasteiger charge is 2.46. The van der Waals surface area contributed by atoms with Crippen LogP contribution in [0.1, 0.15) is 67.5 Å². The largest absolute Gasteiger partial charge is 0.298 e. The lowest BCUT2D eigenvalue weighted by Gasteiger charge is -2.39. The van der Waals surface area contributed by atoms with E-state index < -0.39 is 0 Å². The average molecular weight is 465 g/mol. The van der Waals surface area contributed by atoms with Gasteiger partial charge in [0.2, 0.25) is 0 Å². The van der Waals surface area contributed by atoms with Crippen LogP contribution in [0.2, 0.25) is 0 Å². The zero-order valence-electron chi connectivity index (χ0n) is 21.0. The third-order valence-electron chi connectivity index (χ3n) is 9.31. The molecule has 0 N–H and O–H groups in total. The number of allylic oxidation sites excluding steroid dienone is 3. The summed E-state index contributed by atoms with van der Waals surface area (Å²) in [6.45, 7) is 6.73. The van der Waals surface area contributed by atoms with Crippen molar-refractivity contribution >= 4 is 28.2 Å². The number of carbonyl (C=O) groups excluding carboxylic acids is 1. The molecule has 8 rings (SSSR count). The number of rotatable bonds is 1. The van der Waals surface area contributed by atoms with E-state index in [1.165, 1.54) is 83.1 Å². The van der Waals surface area contributed by atoms with Crippen LogP contribution in [0.5, 0.6) is 0 Å². The quantitative estimate of drug-likeness (QED) is 0.282. The zero-order chi connectivity index (χ0) is 24.3. The fraction of sp³-hybridized carbons (Fsp3) is 0.229. The van der Waals surface area contributed by atoms with E-state index in [0.29, 0.717) is 5.78 Å². The molecule has 0 radical (unpaired) electrons. The predicted octanol–water partition coefficient (Wildman–Crippen LogP) is 7.72. The first-order valence-corrected chi connectivity index (χ1v) is 13.2. The first-order valence-electron chi connectivity index (χ1n) is 13.2. The van der Waals surface area contributed by atoms with Crippen molar-refractivity contribution in [1.29, 1.82) is 0 Å². The molecule has 0 aliphatic heterocycles. The zero-order valence-corrected chi connectivity index (χ0v) is 21.0. The minimum Gasteiger partial charge on any atom is -0.298 e. The van der Waals surface area contributed by atoms with Gasteiger partial charge in [0.05, 0.1) is 11.8 Å². The number of hydrogen-bond acceptors (Lipinski definition) is 1. The summed E-state index contributed by atoms with van der Waals surface area (Å²) in [6.07, 6.45) is 5.02. The van der Waals surface area contributed by atoms with E-state index in [4.69, 9.17) is 0 Å². The summed E-state index contributed by atoms with van der Waals surface area (Å²) in [7, 11) is 0. The second-order valence-electron chi connectivity index (χ2n) is 11.3. The SMILES string of the molecule is Cc1cc(C)c2c(C)cc3c4c2c1C(C1=Cc2ccccc2C1)C(=O)C4C1=C(C3)c2ccccc2C1. The van der Waals surface area contributed by atoms with Crippen LogP contribution in [-0.2, 0) is 24.1 Å². The van der Waals surface area contributed by atoms with E-state index in [0.717, 1.165) is 19.3 Å². The summed E-state index contributed by atoms with van der Waals surface area (Å²) in [4.78, 5) is 14.8. The smallest absolute Gasteiger partial charge is 0.155 e. The van der Waals surface area contributed by atoms with Crippen molar-refractivity contribution in [2.75, 3.05) is 0 Å². The minimum absolute atomic E-state index is 0.137. The molecule has 2 unspecified atom stereocenters. The number of ketones is 1. The van der Waals surface area contributed by atoms with Crippen LogP contribution < -0.4 is 0 Å². The Hall–Kier alpha value is -3.71. The van der Waals surface area contributed by atoms with Crippen LogP contribution in [0, 0.1) is 20.8 Å². The van der Waals surface area contributed by atoms with E-state index in [9.17, 15) is 4.79 Å². The Labute approximate surface area is 212 Å². The van der Waals surface area contributed by atoms with E-state index in [1.54, 1.807) is 0 Å². The van der Waals surface area contributed by atoms with Crippen molar-refractivity contribution in [1.82, 2.24) is 0 Å². The van der Waals surface area contributed by atoms with Crippen molar-refractivity contribution < 1.29 is 4.79 Å². The maximum atomic E-state index is 14.8. The van der Waals surface area contributed by atoms with Crippen molar-refractivity contribution in [3.8, 4) is 0 Å². The van der Waals surface area contributed by atoms with Gasteiger partial charge in [0, 0.05) is 0 Å². The summed E-state index contributed by atoms with van der Waals surface area (Å²) >= 11 is 0. The first-order chi connectivity index (χ1) is 17.5. The molecule has 0 saturated carbocycles. The molecule has 4 aliphatic carbocycles. The van der Waals surface area contributed by atoms with Crippen LogP contribution in [0.25, 0.3) is 22.4 Å². The van der Waals surface area contributed by atoms with Gasteiger partial charge in [0.1, 0.15) is 0 Å². The molecule has 1 nitrogen and oxygen atoms in total. The summed E-state index contributed by atoms with van der Waals surface area (Å²) in [5.74, 6) is 0.0747. The second kappa shape index (κ2) is 6.95. The molecule has 2 atom stereocenters. The van der Waals surface area contributed by atoms with Gasteiger partial charge in [-0.3, -0.25) is 4.79 Å². The molecule has 36 heavy (non-hydrogen) atoms. The van der Waals surface area contributed by atoms with E-state index in [-0.39, 0.29) is 11.8 Å². The highest BCUT2D eigenvalue weighted by molar-refractivity contribution is 6.13. The average Bonchev–Trinajstić information content (AvgIpc) is 3.45. The Kier molecular flexibility index (Phi) is 3.95. The molecule has 0 bridgehead atoms. The monoisotopic (exact) mass is 464 g/mol. The number of aryl methyl sites for hydroxylation is 3. The number of Topliss-reactive ketones (excluding diaryl/α,β-unsaturated/α-hetero) is 1. The molecule has 0 fully saturated rings. The fourth-order valence-electron chi connectivity index (χ4n) is 8.00. The fourth-order valence-corrected chi connectivity index (χ4v) is 8.00. The molecule has 1 heteroatoms. The van der Waals surface area contributed by atoms with Gasteiger partial charge >= 0.3 is 0 Å². The lowest BCUT2D eigenvalue weighted by atomic mass is 9.63. The molecule has 0 aromatic heterocycles. The standard InChI is InChI=1S/C35H28O/c1-18-12-19(2)30-32(25-14-21-8-4-5-9-22(21)15-25)35(36)33-28-16-23-10-6-7-11-26(23)27(28)17-24-13-20(3)29(18)34(30)31(24)33/h4-14,32-33H,15-17H2,1-3H3. The molecule has 0 heterocycles. The summed E-state index contributed by atoms with van der Waals surface area (Å²) < 4.78 is 0. The van der Waals surface area contributed by atoms with Crippen LogP contribution in [0.15, 0.2) is 71.8 Å². The van der Waals surface area contributed by atoms with Crippen molar-refractivity contribution in [2.24, 2.45) is 0 Å². The van der Waals surface area contributed by atoms with Gasteiger partial charge in [0.25, 0.3) is 0 Å². The number of fused-ring (bicyclic) bond motifs is 4. The van der Waals surface area contributed by atoms with E-state index in [1.807, 2.05) is 0 Å². The molecule has 174 valence electrons. The van der Waals surface area contributed by atoms with Crippen LogP contribution >= 0.6 is 0 Å². The highest BCUT2D eigenvalue weighted by atomic mass is 16.1. The normalized spacial score (nSPS) is 21.0. The summed E-state index contributed by atoms with van der Waals surface area (Å²) in [5.41, 5.74) is 17.3. The second-order valence-corrected chi connectivity index (χ2v) is 11.3. The van der Waals surface area contributed by atoms with E-state index in [2.05, 4.69) is 87.5 Å².